The molecule has 0 heterocycles. The Labute approximate surface area is 281 Å². The van der Waals surface area contributed by atoms with Gasteiger partial charge in [-0.3, -0.25) is 9.59 Å². The molecular weight excluding hydrogens is 633 g/mol. The van der Waals surface area contributed by atoms with Gasteiger partial charge < -0.3 is 19.7 Å². The van der Waals surface area contributed by atoms with Crippen molar-refractivity contribution in [1.29, 1.82) is 0 Å². The SMILES string of the molecule is COc1ccc(CCNC(=O)C(c2ccccc2)N(Cc2ccc(F)cc2)C(=O)CCc2ccc(S(=O)(=O)NC3CC3)cc2)cc1OC. The monoisotopic (exact) mass is 673 g/mol. The third-order valence-corrected chi connectivity index (χ3v) is 9.72. The molecule has 0 spiro atoms. The lowest BCUT2D eigenvalue weighted by molar-refractivity contribution is -0.141. The molecule has 0 bridgehead atoms. The van der Waals surface area contributed by atoms with E-state index in [1.165, 1.54) is 17.0 Å². The molecule has 0 aromatic heterocycles. The molecular formula is C37H40FN3O6S. The van der Waals surface area contributed by atoms with E-state index < -0.39 is 21.9 Å². The molecule has 1 atom stereocenters. The second-order valence-electron chi connectivity index (χ2n) is 11.7. The zero-order chi connectivity index (χ0) is 34.1. The third-order valence-electron chi connectivity index (χ3n) is 8.18. The maximum absolute atomic E-state index is 14.0. The molecule has 1 unspecified atom stereocenters. The number of amides is 2. The minimum absolute atomic E-state index is 0.000100. The molecule has 9 nitrogen and oxygen atoms in total. The average molecular weight is 674 g/mol. The summed E-state index contributed by atoms with van der Waals surface area (Å²) in [4.78, 5) is 29.7. The second kappa shape index (κ2) is 15.9. The van der Waals surface area contributed by atoms with Crippen LogP contribution < -0.4 is 19.5 Å². The van der Waals surface area contributed by atoms with Gasteiger partial charge in [0, 0.05) is 25.6 Å². The van der Waals surface area contributed by atoms with Crippen molar-refractivity contribution in [2.75, 3.05) is 20.8 Å². The fraction of sp³-hybridized carbons (Fsp3) is 0.297. The lowest BCUT2D eigenvalue weighted by Crippen LogP contribution is -2.44. The quantitative estimate of drug-likeness (QED) is 0.166. The van der Waals surface area contributed by atoms with E-state index >= 15 is 0 Å². The molecule has 1 saturated carbocycles. The standard InChI is InChI=1S/C37H40FN3O6S/c1-46-33-20-12-27(24-34(33)47-2)22-23-39-37(43)36(29-6-4-3-5-7-29)41(25-28-8-14-30(38)15-9-28)35(42)21-13-26-10-18-32(19-11-26)48(44,45)40-31-16-17-31/h3-12,14-15,18-20,24,31,36,40H,13,16-17,21-23,25H2,1-2H3,(H,39,43). The number of carbonyl (C=O) groups is 2. The maximum Gasteiger partial charge on any atom is 0.247 e. The molecule has 252 valence electrons. The van der Waals surface area contributed by atoms with Gasteiger partial charge in [0.05, 0.1) is 19.1 Å². The molecule has 4 aromatic rings. The zero-order valence-electron chi connectivity index (χ0n) is 27.0. The number of aryl methyl sites for hydroxylation is 1. The molecule has 0 saturated heterocycles. The number of benzene rings is 4. The summed E-state index contributed by atoms with van der Waals surface area (Å²) < 4.78 is 52.3. The lowest BCUT2D eigenvalue weighted by Gasteiger charge is -2.32. The van der Waals surface area contributed by atoms with Crippen molar-refractivity contribution in [3.05, 3.63) is 125 Å². The minimum atomic E-state index is -3.59. The topological polar surface area (TPSA) is 114 Å². The number of halogens is 1. The van der Waals surface area contributed by atoms with Crippen molar-refractivity contribution in [1.82, 2.24) is 14.9 Å². The first-order valence-corrected chi connectivity index (χ1v) is 17.3. The average Bonchev–Trinajstić information content (AvgIpc) is 3.91. The Bertz CT molecular complexity index is 1800. The number of nitrogens with one attached hydrogen (secondary N) is 2. The van der Waals surface area contributed by atoms with Gasteiger partial charge in [0.2, 0.25) is 21.8 Å². The third kappa shape index (κ3) is 9.20. The van der Waals surface area contributed by atoms with Crippen molar-refractivity contribution in [3.63, 3.8) is 0 Å². The van der Waals surface area contributed by atoms with E-state index in [4.69, 9.17) is 9.47 Å². The van der Waals surface area contributed by atoms with Crippen molar-refractivity contribution in [2.45, 2.75) is 55.6 Å². The van der Waals surface area contributed by atoms with Crippen LogP contribution in [0.5, 0.6) is 11.5 Å². The summed E-state index contributed by atoms with van der Waals surface area (Å²) in [5.41, 5.74) is 3.02. The molecule has 0 aliphatic heterocycles. The highest BCUT2D eigenvalue weighted by Gasteiger charge is 2.32. The van der Waals surface area contributed by atoms with Crippen LogP contribution in [0, 0.1) is 5.82 Å². The van der Waals surface area contributed by atoms with Gasteiger partial charge in [0.15, 0.2) is 11.5 Å². The molecule has 1 aliphatic rings. The van der Waals surface area contributed by atoms with E-state index in [0.717, 1.165) is 24.0 Å². The zero-order valence-corrected chi connectivity index (χ0v) is 27.8. The summed E-state index contributed by atoms with van der Waals surface area (Å²) in [6.07, 6.45) is 2.59. The molecule has 11 heteroatoms. The molecule has 2 N–H and O–H groups in total. The van der Waals surface area contributed by atoms with Crippen LogP contribution in [0.2, 0.25) is 0 Å². The smallest absolute Gasteiger partial charge is 0.247 e. The maximum atomic E-state index is 14.0. The number of nitrogens with zero attached hydrogens (tertiary/aromatic N) is 1. The highest BCUT2D eigenvalue weighted by atomic mass is 32.2. The Balaban J connectivity index is 1.34. The predicted octanol–water partition coefficient (Wildman–Crippen LogP) is 5.35. The van der Waals surface area contributed by atoms with Crippen LogP contribution in [-0.2, 0) is 39.0 Å². The molecule has 1 aliphatic carbocycles. The van der Waals surface area contributed by atoms with Crippen LogP contribution in [0.25, 0.3) is 0 Å². The van der Waals surface area contributed by atoms with E-state index in [1.54, 1.807) is 62.8 Å². The fourth-order valence-electron chi connectivity index (χ4n) is 5.40. The summed E-state index contributed by atoms with van der Waals surface area (Å²) >= 11 is 0. The lowest BCUT2D eigenvalue weighted by atomic mass is 10.0. The predicted molar refractivity (Wildman–Crippen MR) is 180 cm³/mol. The molecule has 5 rings (SSSR count). The van der Waals surface area contributed by atoms with Gasteiger partial charge in [-0.1, -0.05) is 60.7 Å². The van der Waals surface area contributed by atoms with Crippen LogP contribution in [0.15, 0.2) is 102 Å². The number of ether oxygens (including phenoxy) is 2. The van der Waals surface area contributed by atoms with E-state index in [9.17, 15) is 22.4 Å². The van der Waals surface area contributed by atoms with Gasteiger partial charge >= 0.3 is 0 Å². The number of rotatable bonds is 16. The number of methoxy groups -OCH3 is 2. The number of hydrogen-bond acceptors (Lipinski definition) is 6. The van der Waals surface area contributed by atoms with Crippen molar-refractivity contribution in [2.24, 2.45) is 0 Å². The van der Waals surface area contributed by atoms with Gasteiger partial charge in [0.25, 0.3) is 0 Å². The van der Waals surface area contributed by atoms with Gasteiger partial charge in [-0.05, 0) is 84.3 Å². The van der Waals surface area contributed by atoms with Crippen LogP contribution in [-0.4, -0.2) is 51.9 Å². The Kier molecular flexibility index (Phi) is 11.5. The van der Waals surface area contributed by atoms with Crippen LogP contribution in [0.1, 0.15) is 47.6 Å². The van der Waals surface area contributed by atoms with Crippen molar-refractivity contribution < 1.29 is 31.9 Å². The van der Waals surface area contributed by atoms with Gasteiger partial charge in [-0.2, -0.15) is 0 Å². The second-order valence-corrected chi connectivity index (χ2v) is 13.4. The van der Waals surface area contributed by atoms with Crippen molar-refractivity contribution >= 4 is 21.8 Å². The summed E-state index contributed by atoms with van der Waals surface area (Å²) in [6.45, 7) is 0.382. The summed E-state index contributed by atoms with van der Waals surface area (Å²) in [7, 11) is -0.458. The normalized spacial score (nSPS) is 13.4. The van der Waals surface area contributed by atoms with Crippen molar-refractivity contribution in [3.8, 4) is 11.5 Å². The number of sulfonamides is 1. The minimum Gasteiger partial charge on any atom is -0.493 e. The number of carbonyl (C=O) groups excluding carboxylic acids is 2. The summed E-state index contributed by atoms with van der Waals surface area (Å²) in [5, 5.41) is 3.01. The van der Waals surface area contributed by atoms with Crippen LogP contribution in [0.3, 0.4) is 0 Å². The Morgan fingerprint density at radius 2 is 1.48 bits per heavy atom. The molecule has 48 heavy (non-hydrogen) atoms. The largest absolute Gasteiger partial charge is 0.493 e. The summed E-state index contributed by atoms with van der Waals surface area (Å²) in [6, 6.07) is 26.0. The van der Waals surface area contributed by atoms with Crippen LogP contribution in [0.4, 0.5) is 4.39 Å². The molecule has 0 radical (unpaired) electrons. The Morgan fingerprint density at radius 3 is 2.12 bits per heavy atom. The van der Waals surface area contributed by atoms with E-state index in [2.05, 4.69) is 10.0 Å². The van der Waals surface area contributed by atoms with Gasteiger partial charge in [0.1, 0.15) is 11.9 Å². The Hall–Kier alpha value is -4.74. The molecule has 2 amide bonds. The van der Waals surface area contributed by atoms with E-state index in [1.807, 2.05) is 36.4 Å². The Morgan fingerprint density at radius 1 is 0.833 bits per heavy atom. The van der Waals surface area contributed by atoms with Crippen LogP contribution >= 0.6 is 0 Å². The highest BCUT2D eigenvalue weighted by Crippen LogP contribution is 2.29. The summed E-state index contributed by atoms with van der Waals surface area (Å²) in [5.74, 6) is 0.161. The van der Waals surface area contributed by atoms with Gasteiger partial charge in [-0.25, -0.2) is 17.5 Å². The number of hydrogen-bond donors (Lipinski definition) is 2. The first-order chi connectivity index (χ1) is 23.2. The molecule has 1 fully saturated rings. The van der Waals surface area contributed by atoms with E-state index in [0.29, 0.717) is 42.0 Å². The fourth-order valence-corrected chi connectivity index (χ4v) is 6.70. The molecule has 4 aromatic carbocycles. The first-order valence-electron chi connectivity index (χ1n) is 15.9. The van der Waals surface area contributed by atoms with Gasteiger partial charge in [-0.15, -0.1) is 0 Å². The first kappa shape index (κ1) is 34.6. The van der Waals surface area contributed by atoms with E-state index in [-0.39, 0.29) is 35.7 Å². The highest BCUT2D eigenvalue weighted by molar-refractivity contribution is 7.89.